The number of amides is 2. The summed E-state index contributed by atoms with van der Waals surface area (Å²) in [6.07, 6.45) is 0. The molecule has 7 heteroatoms. The van der Waals surface area contributed by atoms with Crippen molar-refractivity contribution in [3.05, 3.63) is 65.2 Å². The van der Waals surface area contributed by atoms with Gasteiger partial charge in [0.05, 0.1) is 25.2 Å². The maximum atomic E-state index is 14.0. The van der Waals surface area contributed by atoms with Crippen LogP contribution in [0.4, 0.5) is 0 Å². The molecule has 0 spiro atoms. The highest BCUT2D eigenvalue weighted by Crippen LogP contribution is 2.56. The van der Waals surface area contributed by atoms with Gasteiger partial charge >= 0.3 is 5.97 Å². The van der Waals surface area contributed by atoms with E-state index in [1.807, 2.05) is 55.5 Å². The van der Waals surface area contributed by atoms with Gasteiger partial charge in [-0.25, -0.2) is 0 Å². The zero-order valence-corrected chi connectivity index (χ0v) is 19.1. The van der Waals surface area contributed by atoms with E-state index in [2.05, 4.69) is 0 Å². The third kappa shape index (κ3) is 3.21. The van der Waals surface area contributed by atoms with Gasteiger partial charge in [0, 0.05) is 18.0 Å². The maximum Gasteiger partial charge on any atom is 0.312 e. The van der Waals surface area contributed by atoms with Crippen LogP contribution in [0, 0.1) is 18.8 Å². The van der Waals surface area contributed by atoms with Gasteiger partial charge in [0.1, 0.15) is 17.8 Å². The van der Waals surface area contributed by atoms with E-state index in [-0.39, 0.29) is 37.5 Å². The van der Waals surface area contributed by atoms with Gasteiger partial charge in [-0.15, -0.1) is 0 Å². The Morgan fingerprint density at radius 2 is 1.88 bits per heavy atom. The lowest BCUT2D eigenvalue weighted by atomic mass is 9.77. The first-order chi connectivity index (χ1) is 15.9. The molecule has 33 heavy (non-hydrogen) atoms. The van der Waals surface area contributed by atoms with Crippen molar-refractivity contribution in [1.29, 1.82) is 0 Å². The number of nitrogens with zero attached hydrogens (tertiary/aromatic N) is 2. The van der Waals surface area contributed by atoms with E-state index in [4.69, 9.17) is 9.47 Å². The van der Waals surface area contributed by atoms with Crippen LogP contribution in [0.3, 0.4) is 0 Å². The Labute approximate surface area is 193 Å². The fourth-order valence-electron chi connectivity index (χ4n) is 5.79. The van der Waals surface area contributed by atoms with E-state index in [1.54, 1.807) is 23.6 Å². The molecule has 3 aliphatic heterocycles. The smallest absolute Gasteiger partial charge is 0.312 e. The predicted octanol–water partition coefficient (Wildman–Crippen LogP) is 2.87. The highest BCUT2D eigenvalue weighted by atomic mass is 16.5. The topological polar surface area (TPSA) is 76.2 Å². The number of ether oxygens (including phenoxy) is 2. The molecule has 0 N–H and O–H groups in total. The lowest BCUT2D eigenvalue weighted by Crippen LogP contribution is -2.67. The van der Waals surface area contributed by atoms with Crippen molar-refractivity contribution in [3.63, 3.8) is 0 Å². The lowest BCUT2D eigenvalue weighted by molar-refractivity contribution is -0.170. The molecule has 2 amide bonds. The van der Waals surface area contributed by atoms with Gasteiger partial charge in [0.2, 0.25) is 11.8 Å². The summed E-state index contributed by atoms with van der Waals surface area (Å²) in [6.45, 7) is 6.20. The van der Waals surface area contributed by atoms with Crippen LogP contribution < -0.4 is 4.74 Å². The number of aryl methyl sites for hydroxylation is 1. The molecule has 0 bridgehead atoms. The molecular formula is C26H28N2O5. The van der Waals surface area contributed by atoms with E-state index in [1.165, 1.54) is 0 Å². The number of carbonyl (C=O) groups excluding carboxylic acids is 3. The van der Waals surface area contributed by atoms with Crippen molar-refractivity contribution >= 4 is 17.8 Å². The first-order valence-electron chi connectivity index (χ1n) is 11.4. The summed E-state index contributed by atoms with van der Waals surface area (Å²) in [5.74, 6) is -1.34. The zero-order chi connectivity index (χ0) is 23.3. The second-order valence-electron chi connectivity index (χ2n) is 9.25. The van der Waals surface area contributed by atoms with Crippen molar-refractivity contribution in [2.75, 3.05) is 19.8 Å². The molecule has 4 atom stereocenters. The molecule has 0 unspecified atom stereocenters. The Bertz CT molecular complexity index is 1110. The number of rotatable bonds is 4. The fraction of sp³-hybridized carbons (Fsp3) is 0.423. The fourth-order valence-corrected chi connectivity index (χ4v) is 5.79. The van der Waals surface area contributed by atoms with Gasteiger partial charge in [-0.1, -0.05) is 48.0 Å². The second-order valence-corrected chi connectivity index (χ2v) is 9.25. The minimum atomic E-state index is -1.34. The van der Waals surface area contributed by atoms with Crippen molar-refractivity contribution in [1.82, 2.24) is 9.80 Å². The number of esters is 1. The molecule has 0 radical (unpaired) electrons. The molecule has 7 nitrogen and oxygen atoms in total. The number of hydrogen-bond donors (Lipinski definition) is 0. The molecule has 2 saturated heterocycles. The van der Waals surface area contributed by atoms with Crippen LogP contribution in [0.5, 0.6) is 5.75 Å². The first kappa shape index (κ1) is 21.5. The first-order valence-corrected chi connectivity index (χ1v) is 11.4. The van der Waals surface area contributed by atoms with Gasteiger partial charge < -0.3 is 19.3 Å². The molecule has 3 heterocycles. The van der Waals surface area contributed by atoms with Gasteiger partial charge in [0.15, 0.2) is 0 Å². The van der Waals surface area contributed by atoms with E-state index < -0.39 is 23.5 Å². The molecule has 0 aromatic heterocycles. The van der Waals surface area contributed by atoms with Gasteiger partial charge in [-0.3, -0.25) is 14.4 Å². The average molecular weight is 449 g/mol. The molecule has 2 fully saturated rings. The number of benzene rings is 2. The van der Waals surface area contributed by atoms with E-state index in [9.17, 15) is 14.4 Å². The van der Waals surface area contributed by atoms with Crippen molar-refractivity contribution in [3.8, 4) is 5.75 Å². The highest BCUT2D eigenvalue weighted by Gasteiger charge is 2.69. The third-order valence-electron chi connectivity index (χ3n) is 7.24. The summed E-state index contributed by atoms with van der Waals surface area (Å²) in [6, 6.07) is 15.0. The summed E-state index contributed by atoms with van der Waals surface area (Å²) in [7, 11) is 0. The SMILES string of the molecule is CCOC(=O)[C@H]1[C@H]2COc3ccccc3[C@@H]2N2C(=O)CN(Cc3ccc(C)cc3)C(=O)[C@@]12C. The molecule has 2 aromatic rings. The number of fused-ring (bicyclic) bond motifs is 5. The Morgan fingerprint density at radius 3 is 2.61 bits per heavy atom. The molecule has 5 rings (SSSR count). The minimum absolute atomic E-state index is 0.0237. The third-order valence-corrected chi connectivity index (χ3v) is 7.24. The molecule has 2 aromatic carbocycles. The molecular weight excluding hydrogens is 420 g/mol. The van der Waals surface area contributed by atoms with Crippen LogP contribution in [0.25, 0.3) is 0 Å². The Balaban J connectivity index is 1.58. The van der Waals surface area contributed by atoms with Crippen LogP contribution in [-0.4, -0.2) is 52.9 Å². The molecule has 3 aliphatic rings. The minimum Gasteiger partial charge on any atom is -0.493 e. The number of piperazine rings is 1. The van der Waals surface area contributed by atoms with Gasteiger partial charge in [-0.2, -0.15) is 0 Å². The lowest BCUT2D eigenvalue weighted by Gasteiger charge is -2.46. The Hall–Kier alpha value is -3.35. The van der Waals surface area contributed by atoms with E-state index in [0.717, 1.165) is 16.7 Å². The number of para-hydroxylation sites is 1. The van der Waals surface area contributed by atoms with Crippen LogP contribution in [0.15, 0.2) is 48.5 Å². The van der Waals surface area contributed by atoms with Crippen LogP contribution >= 0.6 is 0 Å². The van der Waals surface area contributed by atoms with Gasteiger partial charge in [0.25, 0.3) is 0 Å². The average Bonchev–Trinajstić information content (AvgIpc) is 3.09. The number of hydrogen-bond acceptors (Lipinski definition) is 5. The summed E-state index contributed by atoms with van der Waals surface area (Å²) in [4.78, 5) is 44.1. The standard InChI is InChI=1S/C26H28N2O5/c1-4-32-24(30)22-19-15-33-20-8-6-5-7-18(20)23(19)28-21(29)14-27(25(31)26(22,28)3)13-17-11-9-16(2)10-12-17/h5-12,19,22-23H,4,13-15H2,1-3H3/t19-,22-,23+,26-/m1/s1. The van der Waals surface area contributed by atoms with Crippen LogP contribution in [0.2, 0.25) is 0 Å². The summed E-state index contributed by atoms with van der Waals surface area (Å²) >= 11 is 0. The molecule has 0 saturated carbocycles. The van der Waals surface area contributed by atoms with E-state index >= 15 is 0 Å². The highest BCUT2D eigenvalue weighted by molar-refractivity contribution is 6.02. The molecule has 172 valence electrons. The number of carbonyl (C=O) groups is 3. The monoisotopic (exact) mass is 448 g/mol. The van der Waals surface area contributed by atoms with Crippen molar-refractivity contribution < 1.29 is 23.9 Å². The summed E-state index contributed by atoms with van der Waals surface area (Å²) in [5.41, 5.74) is 1.55. The summed E-state index contributed by atoms with van der Waals surface area (Å²) < 4.78 is 11.4. The van der Waals surface area contributed by atoms with Gasteiger partial charge in [-0.05, 0) is 32.4 Å². The molecule has 0 aliphatic carbocycles. The Morgan fingerprint density at radius 1 is 1.15 bits per heavy atom. The predicted molar refractivity (Wildman–Crippen MR) is 120 cm³/mol. The normalized spacial score (nSPS) is 28.0. The summed E-state index contributed by atoms with van der Waals surface area (Å²) in [5, 5.41) is 0. The Kier molecular flexibility index (Phi) is 5.15. The second kappa shape index (κ2) is 7.90. The van der Waals surface area contributed by atoms with Crippen LogP contribution in [-0.2, 0) is 25.7 Å². The van der Waals surface area contributed by atoms with Crippen LogP contribution in [0.1, 0.15) is 36.6 Å². The maximum absolute atomic E-state index is 14.0. The van der Waals surface area contributed by atoms with E-state index in [0.29, 0.717) is 12.3 Å². The zero-order valence-electron chi connectivity index (χ0n) is 19.1. The largest absolute Gasteiger partial charge is 0.493 e. The quantitative estimate of drug-likeness (QED) is 0.673. The van der Waals surface area contributed by atoms with Crippen molar-refractivity contribution in [2.45, 2.75) is 38.9 Å². The van der Waals surface area contributed by atoms with Crippen molar-refractivity contribution in [2.24, 2.45) is 11.8 Å².